The van der Waals surface area contributed by atoms with Crippen molar-refractivity contribution in [2.75, 3.05) is 31.0 Å². The fourth-order valence-electron chi connectivity index (χ4n) is 3.63. The maximum atomic E-state index is 10.4. The molecule has 5 aromatic rings. The molecule has 11 nitrogen and oxygen atoms in total. The lowest BCUT2D eigenvalue weighted by atomic mass is 10.0. The first-order valence-corrected chi connectivity index (χ1v) is 11.4. The summed E-state index contributed by atoms with van der Waals surface area (Å²) in [4.78, 5) is 7.91. The second-order valence-corrected chi connectivity index (χ2v) is 7.98. The van der Waals surface area contributed by atoms with Crippen LogP contribution in [0.5, 0.6) is 17.2 Å². The number of phenols is 1. The summed E-state index contributed by atoms with van der Waals surface area (Å²) in [5.74, 6) is 2.26. The van der Waals surface area contributed by atoms with E-state index in [4.69, 9.17) is 26.2 Å². The van der Waals surface area contributed by atoms with Gasteiger partial charge in [0.15, 0.2) is 0 Å². The molecule has 0 bridgehead atoms. The van der Waals surface area contributed by atoms with E-state index in [2.05, 4.69) is 20.4 Å². The lowest BCUT2D eigenvalue weighted by molar-refractivity contribution is 0.415. The quantitative estimate of drug-likeness (QED) is 0.194. The zero-order valence-electron chi connectivity index (χ0n) is 20.8. The molecule has 3 aromatic carbocycles. The van der Waals surface area contributed by atoms with Crippen LogP contribution in [0.25, 0.3) is 16.7 Å². The van der Waals surface area contributed by atoms with E-state index in [1.54, 1.807) is 32.7 Å². The second kappa shape index (κ2) is 11.5. The number of fused-ring (bicyclic) bond motifs is 1. The topological polar surface area (TPSA) is 170 Å². The Morgan fingerprint density at radius 3 is 2.32 bits per heavy atom. The van der Waals surface area contributed by atoms with Gasteiger partial charge in [-0.1, -0.05) is 0 Å². The highest BCUT2D eigenvalue weighted by molar-refractivity contribution is 5.97. The largest absolute Gasteiger partial charge is 0.505 e. The van der Waals surface area contributed by atoms with Gasteiger partial charge in [-0.15, -0.1) is 0 Å². The summed E-state index contributed by atoms with van der Waals surface area (Å²) in [5, 5.41) is 27.9. The number of anilines is 3. The van der Waals surface area contributed by atoms with E-state index in [0.717, 1.165) is 33.5 Å². The van der Waals surface area contributed by atoms with Crippen LogP contribution in [0.15, 0.2) is 73.2 Å². The first-order chi connectivity index (χ1) is 18.4. The van der Waals surface area contributed by atoms with Crippen LogP contribution in [0.1, 0.15) is 11.1 Å². The summed E-state index contributed by atoms with van der Waals surface area (Å²) in [7, 11) is 3.25. The molecular weight excluding hydrogens is 484 g/mol. The van der Waals surface area contributed by atoms with Crippen molar-refractivity contribution in [3.63, 3.8) is 0 Å². The van der Waals surface area contributed by atoms with Crippen molar-refractivity contribution in [3.8, 4) is 29.3 Å². The maximum Gasteiger partial charge on any atom is 0.252 e. The first kappa shape index (κ1) is 25.6. The van der Waals surface area contributed by atoms with Crippen molar-refractivity contribution in [2.45, 2.75) is 6.54 Å². The van der Waals surface area contributed by atoms with Gasteiger partial charge in [-0.2, -0.15) is 15.0 Å². The number of nitrogens with zero attached hydrogens (tertiary/aromatic N) is 5. The zero-order chi connectivity index (χ0) is 27.1. The van der Waals surface area contributed by atoms with Crippen molar-refractivity contribution in [1.29, 1.82) is 5.26 Å². The summed E-state index contributed by atoms with van der Waals surface area (Å²) in [6.07, 6.45) is 4.54. The standard InChI is InChI=1S/C19H20N2O3.C8H6N6/c1-23-15-5-3-14(4-6-15)21-11-13-9-12-10-16(24-2)7-8-17(12)18(20)19(13)22;9-4-6-5-13-14(7(6)10)8-11-2-1-3-12-8/h3-10,21-22H,11,20H2,1-2H3;1-3,5H,10H2. The number of nitrogens with one attached hydrogen (secondary N) is 1. The molecule has 192 valence electrons. The fraction of sp³-hybridized carbons (Fsp3) is 0.111. The minimum absolute atomic E-state index is 0.105. The minimum atomic E-state index is 0.105. The average Bonchev–Trinajstić information content (AvgIpc) is 3.35. The first-order valence-electron chi connectivity index (χ1n) is 11.4. The highest BCUT2D eigenvalue weighted by atomic mass is 16.5. The van der Waals surface area contributed by atoms with Crippen LogP contribution >= 0.6 is 0 Å². The van der Waals surface area contributed by atoms with Gasteiger partial charge in [0.1, 0.15) is 34.7 Å². The van der Waals surface area contributed by atoms with Gasteiger partial charge in [0.2, 0.25) is 0 Å². The van der Waals surface area contributed by atoms with E-state index >= 15 is 0 Å². The van der Waals surface area contributed by atoms with Gasteiger partial charge in [-0.3, -0.25) is 0 Å². The normalized spacial score (nSPS) is 10.2. The molecule has 0 unspecified atom stereocenters. The van der Waals surface area contributed by atoms with Crippen molar-refractivity contribution >= 4 is 28.0 Å². The summed E-state index contributed by atoms with van der Waals surface area (Å²) < 4.78 is 11.7. The molecule has 2 heterocycles. The van der Waals surface area contributed by atoms with Crippen LogP contribution in [-0.4, -0.2) is 39.1 Å². The van der Waals surface area contributed by atoms with Gasteiger partial charge >= 0.3 is 0 Å². The van der Waals surface area contributed by atoms with Crippen molar-refractivity contribution < 1.29 is 14.6 Å². The third-order valence-electron chi connectivity index (χ3n) is 5.68. The van der Waals surface area contributed by atoms with Crippen LogP contribution < -0.4 is 26.3 Å². The Morgan fingerprint density at radius 1 is 1.00 bits per heavy atom. The third-order valence-corrected chi connectivity index (χ3v) is 5.68. The number of methoxy groups -OCH3 is 2. The summed E-state index contributed by atoms with van der Waals surface area (Å²) in [6, 6.07) is 18.7. The Labute approximate surface area is 218 Å². The SMILES string of the molecule is COc1ccc(NCc2cc3cc(OC)ccc3c(N)c2O)cc1.N#Cc1cnn(-c2ncccn2)c1N. The molecule has 2 aromatic heterocycles. The minimum Gasteiger partial charge on any atom is -0.505 e. The van der Waals surface area contributed by atoms with Crippen molar-refractivity contribution in [1.82, 2.24) is 19.7 Å². The molecule has 38 heavy (non-hydrogen) atoms. The molecule has 6 N–H and O–H groups in total. The summed E-state index contributed by atoms with van der Waals surface area (Å²) in [6.45, 7) is 0.454. The fourth-order valence-corrected chi connectivity index (χ4v) is 3.63. The van der Waals surface area contributed by atoms with E-state index in [1.807, 2.05) is 54.6 Å². The highest BCUT2D eigenvalue weighted by Gasteiger charge is 2.11. The Bertz CT molecular complexity index is 1580. The third kappa shape index (κ3) is 5.50. The van der Waals surface area contributed by atoms with Crippen molar-refractivity contribution in [3.05, 3.63) is 84.3 Å². The van der Waals surface area contributed by atoms with E-state index in [1.165, 1.54) is 10.9 Å². The van der Waals surface area contributed by atoms with Gasteiger partial charge < -0.3 is 31.4 Å². The number of nitrogen functional groups attached to an aromatic ring is 2. The Balaban J connectivity index is 0.000000204. The van der Waals surface area contributed by atoms with Crippen molar-refractivity contribution in [2.24, 2.45) is 0 Å². The number of benzene rings is 3. The van der Waals surface area contributed by atoms with Gasteiger partial charge in [0, 0.05) is 35.6 Å². The smallest absolute Gasteiger partial charge is 0.252 e. The number of hydrogen-bond donors (Lipinski definition) is 4. The maximum absolute atomic E-state index is 10.4. The van der Waals surface area contributed by atoms with Gasteiger partial charge in [-0.05, 0) is 60.0 Å². The molecule has 5 rings (SSSR count). The number of nitriles is 1. The van der Waals surface area contributed by atoms with E-state index in [9.17, 15) is 5.11 Å². The number of nitrogens with two attached hydrogens (primary N) is 2. The van der Waals surface area contributed by atoms with Crippen LogP contribution in [0, 0.1) is 11.3 Å². The van der Waals surface area contributed by atoms with Gasteiger partial charge in [0.05, 0.1) is 26.1 Å². The molecule has 0 aliphatic rings. The number of ether oxygens (including phenoxy) is 2. The predicted octanol–water partition coefficient (Wildman–Crippen LogP) is 3.87. The van der Waals surface area contributed by atoms with Gasteiger partial charge in [-0.25, -0.2) is 9.97 Å². The number of phenolic OH excluding ortho intramolecular Hbond substituents is 1. The molecule has 0 radical (unpaired) electrons. The predicted molar refractivity (Wildman–Crippen MR) is 145 cm³/mol. The molecule has 0 fully saturated rings. The number of hydrogen-bond acceptors (Lipinski definition) is 10. The van der Waals surface area contributed by atoms with E-state index < -0.39 is 0 Å². The van der Waals surface area contributed by atoms with Crippen LogP contribution in [0.4, 0.5) is 17.2 Å². The Kier molecular flexibility index (Phi) is 7.74. The lowest BCUT2D eigenvalue weighted by Crippen LogP contribution is -2.06. The van der Waals surface area contributed by atoms with Crippen LogP contribution in [0.2, 0.25) is 0 Å². The number of rotatable bonds is 6. The summed E-state index contributed by atoms with van der Waals surface area (Å²) in [5.41, 5.74) is 14.1. The molecular formula is C27H26N8O3. The van der Waals surface area contributed by atoms with E-state index in [-0.39, 0.29) is 11.6 Å². The molecule has 0 spiro atoms. The van der Waals surface area contributed by atoms with Gasteiger partial charge in [0.25, 0.3) is 5.95 Å². The molecule has 0 amide bonds. The molecule has 0 aliphatic carbocycles. The summed E-state index contributed by atoms with van der Waals surface area (Å²) >= 11 is 0. The van der Waals surface area contributed by atoms with E-state index in [0.29, 0.717) is 23.7 Å². The van der Waals surface area contributed by atoms with Crippen LogP contribution in [-0.2, 0) is 6.54 Å². The zero-order valence-corrected chi connectivity index (χ0v) is 20.8. The average molecular weight is 511 g/mol. The molecule has 11 heteroatoms. The number of aromatic hydroxyl groups is 1. The highest BCUT2D eigenvalue weighted by Crippen LogP contribution is 2.35. The monoisotopic (exact) mass is 510 g/mol. The second-order valence-electron chi connectivity index (χ2n) is 7.98. The molecule has 0 atom stereocenters. The van der Waals surface area contributed by atoms with Crippen LogP contribution in [0.3, 0.4) is 0 Å². The lowest BCUT2D eigenvalue weighted by Gasteiger charge is -2.13. The Hall–Kier alpha value is -5.50. The molecule has 0 aliphatic heterocycles. The Morgan fingerprint density at radius 2 is 1.68 bits per heavy atom. The molecule has 0 saturated heterocycles. The number of aromatic nitrogens is 4. The molecule has 0 saturated carbocycles.